The standard InChI is InChI=1S/C16H17NO3/c1-2-3-10-17-15(18)12-7-4-5-8-13(12)16(17,19)14-9-6-11-20-14/h4-9,11,19H,2-3,10H2,1H3. The molecule has 0 spiro atoms. The van der Waals surface area contributed by atoms with Crippen molar-refractivity contribution in [2.45, 2.75) is 25.5 Å². The molecule has 0 fully saturated rings. The molecule has 1 aliphatic heterocycles. The third kappa shape index (κ3) is 1.68. The molecule has 0 radical (unpaired) electrons. The van der Waals surface area contributed by atoms with E-state index in [4.69, 9.17) is 4.42 Å². The number of rotatable bonds is 4. The molecule has 104 valence electrons. The number of nitrogens with zero attached hydrogens (tertiary/aromatic N) is 1. The van der Waals surface area contributed by atoms with Crippen LogP contribution in [0.25, 0.3) is 0 Å². The predicted octanol–water partition coefficient (Wildman–Crippen LogP) is 2.73. The van der Waals surface area contributed by atoms with Crippen molar-refractivity contribution in [2.75, 3.05) is 6.54 Å². The molecule has 2 aromatic rings. The maximum atomic E-state index is 12.5. The summed E-state index contributed by atoms with van der Waals surface area (Å²) in [7, 11) is 0. The van der Waals surface area contributed by atoms with Gasteiger partial charge in [0.1, 0.15) is 0 Å². The monoisotopic (exact) mass is 271 g/mol. The van der Waals surface area contributed by atoms with E-state index in [2.05, 4.69) is 6.92 Å². The Bertz CT molecular complexity index is 620. The highest BCUT2D eigenvalue weighted by atomic mass is 16.4. The number of aliphatic hydroxyl groups is 1. The molecular weight excluding hydrogens is 254 g/mol. The summed E-state index contributed by atoms with van der Waals surface area (Å²) in [5.41, 5.74) is -0.356. The number of fused-ring (bicyclic) bond motifs is 1. The fraction of sp³-hybridized carbons (Fsp3) is 0.312. The first-order valence-corrected chi connectivity index (χ1v) is 6.87. The zero-order chi connectivity index (χ0) is 14.2. The van der Waals surface area contributed by atoms with Crippen LogP contribution < -0.4 is 0 Å². The highest BCUT2D eigenvalue weighted by Gasteiger charge is 2.51. The maximum absolute atomic E-state index is 12.5. The van der Waals surface area contributed by atoms with E-state index in [1.165, 1.54) is 11.2 Å². The van der Waals surface area contributed by atoms with Gasteiger partial charge in [0.2, 0.25) is 5.72 Å². The van der Waals surface area contributed by atoms with Crippen LogP contribution in [0, 0.1) is 0 Å². The second kappa shape index (κ2) is 4.80. The highest BCUT2D eigenvalue weighted by molar-refractivity contribution is 6.00. The van der Waals surface area contributed by atoms with Gasteiger partial charge < -0.3 is 9.52 Å². The first-order chi connectivity index (χ1) is 9.69. The van der Waals surface area contributed by atoms with Gasteiger partial charge in [-0.25, -0.2) is 0 Å². The second-order valence-corrected chi connectivity index (χ2v) is 5.01. The van der Waals surface area contributed by atoms with Gasteiger partial charge in [-0.2, -0.15) is 0 Å². The highest BCUT2D eigenvalue weighted by Crippen LogP contribution is 2.42. The molecule has 20 heavy (non-hydrogen) atoms. The molecule has 1 unspecified atom stereocenters. The van der Waals surface area contributed by atoms with Crippen molar-refractivity contribution >= 4 is 5.91 Å². The second-order valence-electron chi connectivity index (χ2n) is 5.01. The van der Waals surface area contributed by atoms with Gasteiger partial charge in [-0.3, -0.25) is 9.69 Å². The number of amides is 1. The van der Waals surface area contributed by atoms with E-state index < -0.39 is 5.72 Å². The molecule has 4 heteroatoms. The SMILES string of the molecule is CCCCN1C(=O)c2ccccc2C1(O)c1ccco1. The number of carbonyl (C=O) groups is 1. The van der Waals surface area contributed by atoms with Gasteiger partial charge in [0.15, 0.2) is 5.76 Å². The lowest BCUT2D eigenvalue weighted by molar-refractivity contribution is -0.0649. The van der Waals surface area contributed by atoms with Crippen molar-refractivity contribution in [2.24, 2.45) is 0 Å². The summed E-state index contributed by atoms with van der Waals surface area (Å²) in [6, 6.07) is 10.6. The summed E-state index contributed by atoms with van der Waals surface area (Å²) in [4.78, 5) is 14.0. The van der Waals surface area contributed by atoms with E-state index in [1.54, 1.807) is 24.3 Å². The summed E-state index contributed by atoms with van der Waals surface area (Å²) < 4.78 is 5.39. The van der Waals surface area contributed by atoms with Crippen LogP contribution in [0.5, 0.6) is 0 Å². The number of unbranched alkanes of at least 4 members (excludes halogenated alkanes) is 1. The van der Waals surface area contributed by atoms with Crippen molar-refractivity contribution in [3.63, 3.8) is 0 Å². The zero-order valence-electron chi connectivity index (χ0n) is 11.4. The lowest BCUT2D eigenvalue weighted by atomic mass is 9.99. The van der Waals surface area contributed by atoms with Gasteiger partial charge in [-0.15, -0.1) is 0 Å². The summed E-state index contributed by atoms with van der Waals surface area (Å²) in [5, 5.41) is 11.2. The zero-order valence-corrected chi connectivity index (χ0v) is 11.4. The molecule has 1 aromatic heterocycles. The molecule has 0 saturated carbocycles. The lowest BCUT2D eigenvalue weighted by Gasteiger charge is -2.32. The number of hydrogen-bond acceptors (Lipinski definition) is 3. The van der Waals surface area contributed by atoms with Crippen LogP contribution in [-0.4, -0.2) is 22.5 Å². The van der Waals surface area contributed by atoms with Crippen molar-refractivity contribution < 1.29 is 14.3 Å². The van der Waals surface area contributed by atoms with Crippen LogP contribution >= 0.6 is 0 Å². The van der Waals surface area contributed by atoms with Gasteiger partial charge in [0.05, 0.1) is 6.26 Å². The smallest absolute Gasteiger partial charge is 0.257 e. The molecule has 1 atom stereocenters. The lowest BCUT2D eigenvalue weighted by Crippen LogP contribution is -2.44. The molecule has 1 aliphatic rings. The number of furan rings is 1. The Morgan fingerprint density at radius 2 is 2.05 bits per heavy atom. The Balaban J connectivity index is 2.14. The topological polar surface area (TPSA) is 53.7 Å². The van der Waals surface area contributed by atoms with Gasteiger partial charge >= 0.3 is 0 Å². The number of benzene rings is 1. The number of carbonyl (C=O) groups excluding carboxylic acids is 1. The van der Waals surface area contributed by atoms with Crippen LogP contribution in [-0.2, 0) is 5.72 Å². The van der Waals surface area contributed by atoms with Crippen molar-refractivity contribution in [1.29, 1.82) is 0 Å². The molecule has 1 aromatic carbocycles. The summed E-state index contributed by atoms with van der Waals surface area (Å²) in [6.07, 6.45) is 3.30. The summed E-state index contributed by atoms with van der Waals surface area (Å²) >= 11 is 0. The van der Waals surface area contributed by atoms with E-state index in [0.29, 0.717) is 23.4 Å². The Kier molecular flexibility index (Phi) is 3.10. The minimum absolute atomic E-state index is 0.145. The first kappa shape index (κ1) is 12.9. The van der Waals surface area contributed by atoms with E-state index >= 15 is 0 Å². The molecule has 0 bridgehead atoms. The van der Waals surface area contributed by atoms with Crippen molar-refractivity contribution in [3.05, 3.63) is 59.5 Å². The molecule has 3 rings (SSSR count). The van der Waals surface area contributed by atoms with Crippen LogP contribution in [0.2, 0.25) is 0 Å². The quantitative estimate of drug-likeness (QED) is 0.930. The largest absolute Gasteiger partial charge is 0.464 e. The van der Waals surface area contributed by atoms with Crippen LogP contribution in [0.3, 0.4) is 0 Å². The Morgan fingerprint density at radius 1 is 1.25 bits per heavy atom. The average molecular weight is 271 g/mol. The van der Waals surface area contributed by atoms with E-state index in [-0.39, 0.29) is 5.91 Å². The third-order valence-electron chi connectivity index (χ3n) is 3.77. The third-order valence-corrected chi connectivity index (χ3v) is 3.77. The van der Waals surface area contributed by atoms with Gasteiger partial charge in [0, 0.05) is 17.7 Å². The normalized spacial score (nSPS) is 21.3. The van der Waals surface area contributed by atoms with Gasteiger partial charge in [0.25, 0.3) is 5.91 Å². The maximum Gasteiger partial charge on any atom is 0.257 e. The Morgan fingerprint density at radius 3 is 2.75 bits per heavy atom. The molecule has 1 amide bonds. The summed E-state index contributed by atoms with van der Waals surface area (Å²) in [5.74, 6) is 0.236. The van der Waals surface area contributed by atoms with E-state index in [0.717, 1.165) is 12.8 Å². The Labute approximate surface area is 117 Å². The van der Waals surface area contributed by atoms with E-state index in [9.17, 15) is 9.90 Å². The van der Waals surface area contributed by atoms with E-state index in [1.807, 2.05) is 12.1 Å². The van der Waals surface area contributed by atoms with Gasteiger partial charge in [-0.05, 0) is 24.6 Å². The first-order valence-electron chi connectivity index (χ1n) is 6.87. The van der Waals surface area contributed by atoms with Crippen LogP contribution in [0.4, 0.5) is 0 Å². The molecule has 0 saturated heterocycles. The molecule has 2 heterocycles. The average Bonchev–Trinajstić information content (AvgIpc) is 3.07. The van der Waals surface area contributed by atoms with Crippen LogP contribution in [0.1, 0.15) is 41.4 Å². The minimum Gasteiger partial charge on any atom is -0.464 e. The fourth-order valence-electron chi connectivity index (χ4n) is 2.73. The minimum atomic E-state index is -1.49. The van der Waals surface area contributed by atoms with Crippen molar-refractivity contribution in [3.8, 4) is 0 Å². The summed E-state index contributed by atoms with van der Waals surface area (Å²) in [6.45, 7) is 2.56. The van der Waals surface area contributed by atoms with Crippen molar-refractivity contribution in [1.82, 2.24) is 4.90 Å². The molecule has 1 N–H and O–H groups in total. The predicted molar refractivity (Wildman–Crippen MR) is 74.1 cm³/mol. The fourth-order valence-corrected chi connectivity index (χ4v) is 2.73. The Hall–Kier alpha value is -2.07. The van der Waals surface area contributed by atoms with Gasteiger partial charge in [-0.1, -0.05) is 31.5 Å². The molecule has 0 aliphatic carbocycles. The van der Waals surface area contributed by atoms with Crippen LogP contribution in [0.15, 0.2) is 47.1 Å². The molecular formula is C16H17NO3. The number of hydrogen-bond donors (Lipinski definition) is 1. The molecule has 4 nitrogen and oxygen atoms in total.